The van der Waals surface area contributed by atoms with Gasteiger partial charge >= 0.3 is 5.97 Å². The first kappa shape index (κ1) is 46.0. The van der Waals surface area contributed by atoms with Crippen LogP contribution in [0, 0.1) is 41.4 Å². The second kappa shape index (κ2) is 20.1. The molecule has 3 aliphatic heterocycles. The first-order chi connectivity index (χ1) is 27.7. The monoisotopic (exact) mass is 821 g/mol. The van der Waals surface area contributed by atoms with Crippen molar-refractivity contribution in [3.8, 4) is 0 Å². The van der Waals surface area contributed by atoms with E-state index in [1.165, 1.54) is 0 Å². The molecule has 0 aromatic heterocycles. The molecular weight excluding hydrogens is 744 g/mol. The number of hydrogen-bond acceptors (Lipinski definition) is 13. The Balaban J connectivity index is 1.29. The number of cyclic esters (lactones) is 1. The van der Waals surface area contributed by atoms with Gasteiger partial charge in [0.1, 0.15) is 24.4 Å². The number of likely N-dealkylation sites (N-methyl/N-ethyl adjacent to an activating group) is 1. The van der Waals surface area contributed by atoms with Crippen molar-refractivity contribution in [1.82, 2.24) is 10.2 Å². The Morgan fingerprint density at radius 2 is 1.60 bits per heavy atom. The number of aliphatic hydroxyl groups excluding tert-OH is 1. The highest BCUT2D eigenvalue weighted by molar-refractivity contribution is 5.99. The fourth-order valence-electron chi connectivity index (χ4n) is 11.7. The van der Waals surface area contributed by atoms with E-state index >= 15 is 0 Å². The lowest BCUT2D eigenvalue weighted by Crippen LogP contribution is -2.59. The average Bonchev–Trinajstić information content (AvgIpc) is 3.77. The SMILES string of the molecule is CC[C@H]1CCC[C@H](O[C@H]2CC[C@H](N(C)C)C(C)O2)[C@@H](C)C(=O)C2=C[C@H]3[C@@H]4C[C@H](O[C@@H]5OC(C)[C@H](OC)C(OC)[C@@H]5OC)C[C@H]4[C@H](NCC(C)C)[C@@H](O)[C@H]3[C@@H]2CC(=O)O1. The van der Waals surface area contributed by atoms with Crippen LogP contribution in [0.1, 0.15) is 99.3 Å². The van der Waals surface area contributed by atoms with Gasteiger partial charge in [-0.2, -0.15) is 0 Å². The van der Waals surface area contributed by atoms with Crippen LogP contribution in [0.3, 0.4) is 0 Å². The number of carbonyl (C=O) groups excluding carboxylic acids is 2. The third kappa shape index (κ3) is 9.74. The summed E-state index contributed by atoms with van der Waals surface area (Å²) in [6.45, 7) is 13.1. The van der Waals surface area contributed by atoms with Crippen LogP contribution in [-0.2, 0) is 47.5 Å². The van der Waals surface area contributed by atoms with Crippen LogP contribution in [0.4, 0.5) is 0 Å². The van der Waals surface area contributed by atoms with E-state index in [9.17, 15) is 14.7 Å². The number of rotatable bonds is 12. The van der Waals surface area contributed by atoms with Crippen molar-refractivity contribution in [1.29, 1.82) is 0 Å². The van der Waals surface area contributed by atoms with E-state index in [4.69, 9.17) is 37.9 Å². The summed E-state index contributed by atoms with van der Waals surface area (Å²) in [5, 5.41) is 16.3. The number of ketones is 1. The summed E-state index contributed by atoms with van der Waals surface area (Å²) in [7, 11) is 9.09. The number of nitrogens with zero attached hydrogens (tertiary/aromatic N) is 1. The zero-order chi connectivity index (χ0) is 42.0. The average molecular weight is 821 g/mol. The van der Waals surface area contributed by atoms with E-state index in [0.29, 0.717) is 49.6 Å². The van der Waals surface area contributed by atoms with E-state index in [-0.39, 0.29) is 90.6 Å². The molecule has 6 aliphatic rings. The smallest absolute Gasteiger partial charge is 0.306 e. The summed E-state index contributed by atoms with van der Waals surface area (Å²) in [5.74, 6) is -1.18. The number of hydrogen-bond donors (Lipinski definition) is 2. The van der Waals surface area contributed by atoms with Gasteiger partial charge in [-0.3, -0.25) is 9.59 Å². The van der Waals surface area contributed by atoms with E-state index in [1.807, 2.05) is 20.8 Å². The molecule has 0 amide bonds. The van der Waals surface area contributed by atoms with Gasteiger partial charge in [-0.15, -0.1) is 0 Å². The molecule has 0 radical (unpaired) electrons. The van der Waals surface area contributed by atoms with Crippen molar-refractivity contribution < 1.29 is 52.6 Å². The van der Waals surface area contributed by atoms with Crippen molar-refractivity contribution >= 4 is 11.8 Å². The Morgan fingerprint density at radius 1 is 0.897 bits per heavy atom. The van der Waals surface area contributed by atoms with Crippen LogP contribution < -0.4 is 5.32 Å². The Kier molecular flexibility index (Phi) is 16.0. The van der Waals surface area contributed by atoms with Gasteiger partial charge in [0.05, 0.1) is 36.9 Å². The molecule has 13 heteroatoms. The predicted octanol–water partition coefficient (Wildman–Crippen LogP) is 4.91. The van der Waals surface area contributed by atoms with Gasteiger partial charge in [-0.1, -0.05) is 33.8 Å². The van der Waals surface area contributed by atoms with Gasteiger partial charge in [-0.05, 0) is 115 Å². The second-order valence-electron chi connectivity index (χ2n) is 18.9. The minimum atomic E-state index is -0.792. The molecule has 0 bridgehead atoms. The van der Waals surface area contributed by atoms with E-state index in [2.05, 4.69) is 51.2 Å². The van der Waals surface area contributed by atoms with Gasteiger partial charge < -0.3 is 53.2 Å². The highest BCUT2D eigenvalue weighted by Gasteiger charge is 2.59. The predicted molar refractivity (Wildman–Crippen MR) is 218 cm³/mol. The van der Waals surface area contributed by atoms with Crippen LogP contribution in [0.2, 0.25) is 0 Å². The number of Topliss-reactive ketones (excluding diaryl/α,β-unsaturated/α-hetero) is 1. The summed E-state index contributed by atoms with van der Waals surface area (Å²) in [6, 6.07) is 0.0629. The van der Waals surface area contributed by atoms with Gasteiger partial charge in [0.2, 0.25) is 0 Å². The fourth-order valence-corrected chi connectivity index (χ4v) is 11.7. The molecule has 19 atom stereocenters. The van der Waals surface area contributed by atoms with Crippen molar-refractivity contribution in [3.05, 3.63) is 11.6 Å². The first-order valence-corrected chi connectivity index (χ1v) is 22.4. The standard InChI is InChI=1S/C45H76N2O11/c1-12-27-14-13-15-35(58-37-17-16-34(47(7)8)25(5)54-37)24(4)40(49)33-20-30-29-18-28(57-45-44(53-11)43(52-10)42(51-9)26(6)55-45)19-32(29)39(46-22-23(2)3)41(50)38(30)31(33)21-36(48)56-27/h20,23-32,34-35,37-39,41-46,50H,12-19,21-22H2,1-11H3/t24-,25?,26?,27+,28+,29+,30+,31-,32-,34+,35+,37+,38-,39+,41+,42+,43?,44+,45+/m1/s1. The topological polar surface area (TPSA) is 143 Å². The minimum Gasteiger partial charge on any atom is -0.462 e. The molecule has 0 aromatic rings. The minimum absolute atomic E-state index is 0.00275. The maximum Gasteiger partial charge on any atom is 0.306 e. The summed E-state index contributed by atoms with van der Waals surface area (Å²) in [6.07, 6.45) is 4.04. The molecule has 3 unspecified atom stereocenters. The molecule has 2 saturated carbocycles. The number of esters is 1. The van der Waals surface area contributed by atoms with Crippen molar-refractivity contribution in [2.75, 3.05) is 42.0 Å². The zero-order valence-electron chi connectivity index (χ0n) is 37.2. The molecule has 5 fully saturated rings. The van der Waals surface area contributed by atoms with Crippen LogP contribution in [-0.4, -0.2) is 143 Å². The Labute approximate surface area is 347 Å². The maximum atomic E-state index is 15.0. The lowest BCUT2D eigenvalue weighted by Gasteiger charge is -2.47. The number of methoxy groups -OCH3 is 3. The molecular formula is C45H76N2O11. The largest absolute Gasteiger partial charge is 0.462 e. The summed E-state index contributed by atoms with van der Waals surface area (Å²) >= 11 is 0. The molecule has 58 heavy (non-hydrogen) atoms. The van der Waals surface area contributed by atoms with Gasteiger partial charge in [0.15, 0.2) is 18.4 Å². The molecule has 13 nitrogen and oxygen atoms in total. The van der Waals surface area contributed by atoms with Crippen molar-refractivity contribution in [3.63, 3.8) is 0 Å². The second-order valence-corrected chi connectivity index (χ2v) is 18.9. The molecule has 3 saturated heterocycles. The fraction of sp³-hybridized carbons (Fsp3) is 0.911. The molecule has 6 rings (SSSR count). The molecule has 0 aromatic carbocycles. The lowest BCUT2D eigenvalue weighted by atomic mass is 9.62. The molecule has 0 spiro atoms. The van der Waals surface area contributed by atoms with E-state index in [1.54, 1.807) is 21.3 Å². The van der Waals surface area contributed by atoms with Gasteiger partial charge in [-0.25, -0.2) is 0 Å². The molecule has 3 aliphatic carbocycles. The van der Waals surface area contributed by atoms with Gasteiger partial charge in [0.25, 0.3) is 0 Å². The van der Waals surface area contributed by atoms with E-state index in [0.717, 1.165) is 25.8 Å². The molecule has 3 heterocycles. The maximum absolute atomic E-state index is 15.0. The number of ether oxygens (including phenoxy) is 8. The third-order valence-corrected chi connectivity index (χ3v) is 14.7. The third-order valence-electron chi connectivity index (χ3n) is 14.7. The number of carbonyl (C=O) groups is 2. The van der Waals surface area contributed by atoms with Crippen LogP contribution in [0.5, 0.6) is 0 Å². The summed E-state index contributed by atoms with van der Waals surface area (Å²) in [4.78, 5) is 31.0. The molecule has 2 N–H and O–H groups in total. The van der Waals surface area contributed by atoms with Crippen molar-refractivity contribution in [2.45, 2.75) is 179 Å². The Morgan fingerprint density at radius 3 is 2.24 bits per heavy atom. The summed E-state index contributed by atoms with van der Waals surface area (Å²) in [5.41, 5.74) is 0.636. The van der Waals surface area contributed by atoms with Crippen LogP contribution >= 0.6 is 0 Å². The first-order valence-electron chi connectivity index (χ1n) is 22.4. The quantitative estimate of drug-likeness (QED) is 0.258. The van der Waals surface area contributed by atoms with Crippen LogP contribution in [0.15, 0.2) is 11.6 Å². The van der Waals surface area contributed by atoms with Gasteiger partial charge in [0, 0.05) is 51.2 Å². The zero-order valence-corrected chi connectivity index (χ0v) is 37.2. The highest BCUT2D eigenvalue weighted by atomic mass is 16.7. The Bertz CT molecular complexity index is 1400. The number of aliphatic hydroxyl groups is 1. The lowest BCUT2D eigenvalue weighted by molar-refractivity contribution is -0.314. The molecule has 332 valence electrons. The van der Waals surface area contributed by atoms with E-state index < -0.39 is 36.6 Å². The summed E-state index contributed by atoms with van der Waals surface area (Å²) < 4.78 is 50.1. The number of fused-ring (bicyclic) bond motifs is 5. The van der Waals surface area contributed by atoms with Crippen LogP contribution in [0.25, 0.3) is 0 Å². The number of allylic oxidation sites excluding steroid dienone is 2. The highest BCUT2D eigenvalue weighted by Crippen LogP contribution is 2.57. The van der Waals surface area contributed by atoms with Crippen molar-refractivity contribution in [2.24, 2.45) is 41.4 Å². The normalized spacial score (nSPS) is 45.2. The Hall–Kier alpha value is -1.52. The number of nitrogens with one attached hydrogen (secondary N) is 1.